The maximum Gasteiger partial charge on any atom is 0.133 e. The second-order valence-corrected chi connectivity index (χ2v) is 5.99. The van der Waals surface area contributed by atoms with Gasteiger partial charge in [0.25, 0.3) is 0 Å². The summed E-state index contributed by atoms with van der Waals surface area (Å²) >= 11 is 0. The molecule has 0 heterocycles. The summed E-state index contributed by atoms with van der Waals surface area (Å²) in [6, 6.07) is 11.3. The van der Waals surface area contributed by atoms with E-state index in [-0.39, 0.29) is 0 Å². The first kappa shape index (κ1) is 11.9. The number of carbonyl (C=O) groups is 1. The molecule has 2 nitrogen and oxygen atoms in total. The van der Waals surface area contributed by atoms with Crippen LogP contribution in [0, 0.1) is 11.8 Å². The first-order chi connectivity index (χ1) is 8.72. The maximum absolute atomic E-state index is 11.4. The molecule has 2 saturated carbocycles. The van der Waals surface area contributed by atoms with Crippen LogP contribution < -0.4 is 0 Å². The Morgan fingerprint density at radius 2 is 1.72 bits per heavy atom. The standard InChI is InChI=1S/C16H21NO/c1-17(11-12-5-3-2-4-6-12)15-7-13-9-16(18)10-14(13)8-15/h2-6,13-15H,7-11H2,1H3/t13-,14+,15?. The van der Waals surface area contributed by atoms with E-state index in [4.69, 9.17) is 0 Å². The van der Waals surface area contributed by atoms with Crippen LogP contribution >= 0.6 is 0 Å². The Bertz CT molecular complexity index is 412. The van der Waals surface area contributed by atoms with Gasteiger partial charge in [0.1, 0.15) is 5.78 Å². The highest BCUT2D eigenvalue weighted by molar-refractivity contribution is 5.81. The maximum atomic E-state index is 11.4. The van der Waals surface area contributed by atoms with Crippen molar-refractivity contribution in [2.24, 2.45) is 11.8 Å². The predicted octanol–water partition coefficient (Wildman–Crippen LogP) is 2.88. The fourth-order valence-electron chi connectivity index (χ4n) is 3.71. The normalized spacial score (nSPS) is 31.0. The first-order valence-electron chi connectivity index (χ1n) is 6.98. The highest BCUT2D eigenvalue weighted by Gasteiger charge is 2.41. The summed E-state index contributed by atoms with van der Waals surface area (Å²) in [5, 5.41) is 0. The van der Waals surface area contributed by atoms with Crippen molar-refractivity contribution in [2.45, 2.75) is 38.3 Å². The van der Waals surface area contributed by atoms with Crippen molar-refractivity contribution in [1.82, 2.24) is 4.90 Å². The van der Waals surface area contributed by atoms with Gasteiger partial charge in [-0.1, -0.05) is 30.3 Å². The molecular formula is C16H21NO. The molecule has 0 aromatic heterocycles. The minimum atomic E-state index is 0.495. The van der Waals surface area contributed by atoms with Crippen molar-refractivity contribution in [3.63, 3.8) is 0 Å². The highest BCUT2D eigenvalue weighted by Crippen LogP contribution is 2.43. The molecule has 1 unspecified atom stereocenters. The second kappa shape index (κ2) is 4.85. The summed E-state index contributed by atoms with van der Waals surface area (Å²) in [6.45, 7) is 1.03. The number of hydrogen-bond acceptors (Lipinski definition) is 2. The molecule has 2 fully saturated rings. The third-order valence-electron chi connectivity index (χ3n) is 4.69. The monoisotopic (exact) mass is 243 g/mol. The molecule has 2 aliphatic rings. The fourth-order valence-corrected chi connectivity index (χ4v) is 3.71. The van der Waals surface area contributed by atoms with E-state index in [0.717, 1.165) is 19.4 Å². The quantitative estimate of drug-likeness (QED) is 0.813. The average Bonchev–Trinajstić information content (AvgIpc) is 2.87. The lowest BCUT2D eigenvalue weighted by Gasteiger charge is -2.25. The second-order valence-electron chi connectivity index (χ2n) is 5.99. The Labute approximate surface area is 109 Å². The van der Waals surface area contributed by atoms with Crippen molar-refractivity contribution >= 4 is 5.78 Å². The van der Waals surface area contributed by atoms with Crippen LogP contribution in [0.3, 0.4) is 0 Å². The van der Waals surface area contributed by atoms with Gasteiger partial charge in [-0.3, -0.25) is 9.69 Å². The zero-order valence-electron chi connectivity index (χ0n) is 11.0. The zero-order chi connectivity index (χ0) is 12.5. The van der Waals surface area contributed by atoms with Gasteiger partial charge in [0.2, 0.25) is 0 Å². The highest BCUT2D eigenvalue weighted by atomic mass is 16.1. The van der Waals surface area contributed by atoms with E-state index in [0.29, 0.717) is 23.7 Å². The van der Waals surface area contributed by atoms with Gasteiger partial charge in [0.15, 0.2) is 0 Å². The van der Waals surface area contributed by atoms with Crippen LogP contribution in [0.2, 0.25) is 0 Å². The Hall–Kier alpha value is -1.15. The summed E-state index contributed by atoms with van der Waals surface area (Å²) in [4.78, 5) is 13.9. The molecule has 0 saturated heterocycles. The fraction of sp³-hybridized carbons (Fsp3) is 0.562. The minimum absolute atomic E-state index is 0.495. The van der Waals surface area contributed by atoms with Gasteiger partial charge in [-0.05, 0) is 37.3 Å². The number of ketones is 1. The van der Waals surface area contributed by atoms with Gasteiger partial charge in [0.05, 0.1) is 0 Å². The Kier molecular flexibility index (Phi) is 3.21. The van der Waals surface area contributed by atoms with E-state index in [2.05, 4.69) is 42.3 Å². The lowest BCUT2D eigenvalue weighted by molar-refractivity contribution is -0.117. The molecule has 2 heteroatoms. The molecule has 0 spiro atoms. The van der Waals surface area contributed by atoms with E-state index in [9.17, 15) is 4.79 Å². The van der Waals surface area contributed by atoms with Crippen LogP contribution in [-0.4, -0.2) is 23.8 Å². The number of benzene rings is 1. The molecule has 2 aliphatic carbocycles. The van der Waals surface area contributed by atoms with E-state index < -0.39 is 0 Å². The van der Waals surface area contributed by atoms with Gasteiger partial charge in [-0.15, -0.1) is 0 Å². The number of carbonyl (C=O) groups excluding carboxylic acids is 1. The van der Waals surface area contributed by atoms with Crippen molar-refractivity contribution < 1.29 is 4.79 Å². The Morgan fingerprint density at radius 3 is 2.33 bits per heavy atom. The number of fused-ring (bicyclic) bond motifs is 1. The molecule has 1 aromatic rings. The number of hydrogen-bond donors (Lipinski definition) is 0. The summed E-state index contributed by atoms with van der Waals surface area (Å²) in [7, 11) is 2.22. The van der Waals surface area contributed by atoms with E-state index in [1.54, 1.807) is 0 Å². The smallest absolute Gasteiger partial charge is 0.133 e. The number of Topliss-reactive ketones (excluding diaryl/α,β-unsaturated/α-hetero) is 1. The predicted molar refractivity (Wildman–Crippen MR) is 72.2 cm³/mol. The topological polar surface area (TPSA) is 20.3 Å². The SMILES string of the molecule is CN(Cc1ccccc1)C1C[C@H]2CC(=O)C[C@H]2C1. The Morgan fingerprint density at radius 1 is 1.11 bits per heavy atom. The van der Waals surface area contributed by atoms with Crippen LogP contribution in [0.1, 0.15) is 31.2 Å². The number of rotatable bonds is 3. The first-order valence-corrected chi connectivity index (χ1v) is 6.98. The molecule has 0 amide bonds. The van der Waals surface area contributed by atoms with Crippen LogP contribution in [0.5, 0.6) is 0 Å². The van der Waals surface area contributed by atoms with Crippen LogP contribution in [0.25, 0.3) is 0 Å². The summed E-state index contributed by atoms with van der Waals surface area (Å²) < 4.78 is 0. The van der Waals surface area contributed by atoms with E-state index >= 15 is 0 Å². The molecule has 0 radical (unpaired) electrons. The third-order valence-corrected chi connectivity index (χ3v) is 4.69. The zero-order valence-corrected chi connectivity index (χ0v) is 11.0. The molecule has 0 aliphatic heterocycles. The van der Waals surface area contributed by atoms with Crippen molar-refractivity contribution in [3.05, 3.63) is 35.9 Å². The molecule has 0 N–H and O–H groups in total. The van der Waals surface area contributed by atoms with Crippen molar-refractivity contribution in [2.75, 3.05) is 7.05 Å². The van der Waals surface area contributed by atoms with Gasteiger partial charge in [0, 0.05) is 25.4 Å². The van der Waals surface area contributed by atoms with Gasteiger partial charge in [-0.2, -0.15) is 0 Å². The van der Waals surface area contributed by atoms with E-state index in [1.165, 1.54) is 18.4 Å². The van der Waals surface area contributed by atoms with E-state index in [1.807, 2.05) is 0 Å². The number of nitrogens with zero attached hydrogens (tertiary/aromatic N) is 1. The Balaban J connectivity index is 1.59. The molecule has 18 heavy (non-hydrogen) atoms. The largest absolute Gasteiger partial charge is 0.300 e. The summed E-state index contributed by atoms with van der Waals surface area (Å²) in [5.41, 5.74) is 1.38. The molecule has 3 atom stereocenters. The summed E-state index contributed by atoms with van der Waals surface area (Å²) in [6.07, 6.45) is 4.14. The lowest BCUT2D eigenvalue weighted by Crippen LogP contribution is -2.29. The van der Waals surface area contributed by atoms with Crippen LogP contribution in [0.4, 0.5) is 0 Å². The molecule has 96 valence electrons. The summed E-state index contributed by atoms with van der Waals surface area (Å²) in [5.74, 6) is 1.86. The third kappa shape index (κ3) is 2.35. The van der Waals surface area contributed by atoms with Gasteiger partial charge >= 0.3 is 0 Å². The van der Waals surface area contributed by atoms with Crippen LogP contribution in [-0.2, 0) is 11.3 Å². The van der Waals surface area contributed by atoms with Gasteiger partial charge < -0.3 is 0 Å². The molecular weight excluding hydrogens is 222 g/mol. The van der Waals surface area contributed by atoms with Gasteiger partial charge in [-0.25, -0.2) is 0 Å². The minimum Gasteiger partial charge on any atom is -0.300 e. The van der Waals surface area contributed by atoms with Crippen molar-refractivity contribution in [1.29, 1.82) is 0 Å². The van der Waals surface area contributed by atoms with Crippen molar-refractivity contribution in [3.8, 4) is 0 Å². The lowest BCUT2D eigenvalue weighted by atomic mass is 10.0. The molecule has 3 rings (SSSR count). The molecule has 0 bridgehead atoms. The average molecular weight is 243 g/mol. The van der Waals surface area contributed by atoms with Crippen LogP contribution in [0.15, 0.2) is 30.3 Å². The molecule has 1 aromatic carbocycles.